The summed E-state index contributed by atoms with van der Waals surface area (Å²) >= 11 is 6.10. The van der Waals surface area contributed by atoms with Crippen LogP contribution in [-0.4, -0.2) is 61.5 Å². The van der Waals surface area contributed by atoms with Gasteiger partial charge in [0.05, 0.1) is 34.7 Å². The Balaban J connectivity index is 1.58. The van der Waals surface area contributed by atoms with Gasteiger partial charge < -0.3 is 15.3 Å². The Kier molecular flexibility index (Phi) is 6.80. The van der Waals surface area contributed by atoms with Gasteiger partial charge in [-0.15, -0.1) is 0 Å². The second-order valence-corrected chi connectivity index (χ2v) is 10.1. The summed E-state index contributed by atoms with van der Waals surface area (Å²) in [5, 5.41) is 13.4. The van der Waals surface area contributed by atoms with E-state index in [1.54, 1.807) is 23.2 Å². The number of hydrogen-bond acceptors (Lipinski definition) is 7. The van der Waals surface area contributed by atoms with Crippen LogP contribution in [-0.2, 0) is 0 Å². The highest BCUT2D eigenvalue weighted by atomic mass is 35.5. The summed E-state index contributed by atoms with van der Waals surface area (Å²) in [6, 6.07) is 7.07. The SMILES string of the molecule is CC(=O)c1cnc2ccc(Cl)nc2c1Nc1ccc(N2CCCC(N(C(=O)O)C(C)(C)C)C2)nc1. The lowest BCUT2D eigenvalue weighted by Crippen LogP contribution is -2.57. The zero-order valence-electron chi connectivity index (χ0n) is 20.2. The molecule has 0 aliphatic carbocycles. The lowest BCUT2D eigenvalue weighted by Gasteiger charge is -2.44. The molecule has 35 heavy (non-hydrogen) atoms. The summed E-state index contributed by atoms with van der Waals surface area (Å²) in [5.41, 5.74) is 2.25. The topological polar surface area (TPSA) is 112 Å². The Morgan fingerprint density at radius 3 is 2.57 bits per heavy atom. The maximum Gasteiger partial charge on any atom is 0.408 e. The largest absolute Gasteiger partial charge is 0.465 e. The van der Waals surface area contributed by atoms with Crippen LogP contribution in [0.1, 0.15) is 50.9 Å². The van der Waals surface area contributed by atoms with Gasteiger partial charge in [0.15, 0.2) is 5.78 Å². The van der Waals surface area contributed by atoms with E-state index in [1.165, 1.54) is 13.1 Å². The van der Waals surface area contributed by atoms with Crippen LogP contribution in [0.25, 0.3) is 11.0 Å². The van der Waals surface area contributed by atoms with Crippen molar-refractivity contribution >= 4 is 51.7 Å². The molecule has 9 nitrogen and oxygen atoms in total. The van der Waals surface area contributed by atoms with Crippen molar-refractivity contribution in [3.63, 3.8) is 0 Å². The fourth-order valence-electron chi connectivity index (χ4n) is 4.59. The number of anilines is 3. The first-order valence-electron chi connectivity index (χ1n) is 11.5. The molecule has 1 saturated heterocycles. The van der Waals surface area contributed by atoms with E-state index in [0.717, 1.165) is 25.2 Å². The van der Waals surface area contributed by atoms with E-state index in [1.807, 2.05) is 32.9 Å². The zero-order chi connectivity index (χ0) is 25.3. The number of pyridine rings is 3. The average Bonchev–Trinajstić information content (AvgIpc) is 2.78. The number of carboxylic acid groups (broad SMARTS) is 1. The van der Waals surface area contributed by atoms with E-state index < -0.39 is 11.6 Å². The molecule has 1 unspecified atom stereocenters. The van der Waals surface area contributed by atoms with Gasteiger partial charge in [-0.2, -0.15) is 0 Å². The van der Waals surface area contributed by atoms with Gasteiger partial charge >= 0.3 is 6.09 Å². The predicted octanol–water partition coefficient (Wildman–Crippen LogP) is 5.37. The fraction of sp³-hybridized carbons (Fsp3) is 0.400. The first-order chi connectivity index (χ1) is 16.5. The molecule has 1 amide bonds. The number of hydrogen-bond donors (Lipinski definition) is 2. The van der Waals surface area contributed by atoms with Gasteiger partial charge in [0.1, 0.15) is 16.5 Å². The second kappa shape index (κ2) is 9.65. The summed E-state index contributed by atoms with van der Waals surface area (Å²) in [7, 11) is 0. The average molecular weight is 497 g/mol. The molecule has 1 atom stereocenters. The molecule has 1 aliphatic rings. The van der Waals surface area contributed by atoms with E-state index in [9.17, 15) is 14.7 Å². The van der Waals surface area contributed by atoms with Crippen LogP contribution in [0.3, 0.4) is 0 Å². The molecule has 0 aromatic carbocycles. The number of fused-ring (bicyclic) bond motifs is 1. The molecule has 1 fully saturated rings. The summed E-state index contributed by atoms with van der Waals surface area (Å²) in [6.07, 6.45) is 4.01. The minimum absolute atomic E-state index is 0.113. The molecule has 0 radical (unpaired) electrons. The Labute approximate surface area is 209 Å². The number of carbonyl (C=O) groups is 2. The van der Waals surface area contributed by atoms with Crippen molar-refractivity contribution in [2.24, 2.45) is 0 Å². The third-order valence-electron chi connectivity index (χ3n) is 6.09. The van der Waals surface area contributed by atoms with Gasteiger partial charge in [0.2, 0.25) is 0 Å². The number of ketones is 1. The number of piperidine rings is 1. The standard InChI is InChI=1S/C25H29ClN6O3/c1-15(33)18-13-27-19-8-9-20(26)30-23(19)22(18)29-16-7-10-21(28-12-16)31-11-5-6-17(14-31)32(24(34)35)25(2,3)4/h7-10,12-13,17H,5-6,11,14H2,1-4H3,(H,27,29)(H,34,35). The minimum Gasteiger partial charge on any atom is -0.465 e. The molecule has 3 aromatic heterocycles. The van der Waals surface area contributed by atoms with E-state index in [4.69, 9.17) is 11.6 Å². The van der Waals surface area contributed by atoms with E-state index in [0.29, 0.717) is 39.7 Å². The first-order valence-corrected chi connectivity index (χ1v) is 11.9. The molecule has 4 rings (SSSR count). The van der Waals surface area contributed by atoms with Crippen LogP contribution in [0.4, 0.5) is 22.0 Å². The van der Waals surface area contributed by atoms with Crippen LogP contribution >= 0.6 is 11.6 Å². The third-order valence-corrected chi connectivity index (χ3v) is 6.30. The number of nitrogens with one attached hydrogen (secondary N) is 1. The normalized spacial score (nSPS) is 16.3. The minimum atomic E-state index is -0.906. The lowest BCUT2D eigenvalue weighted by atomic mass is 9.97. The van der Waals surface area contributed by atoms with Gasteiger partial charge in [-0.3, -0.25) is 14.7 Å². The van der Waals surface area contributed by atoms with Crippen LogP contribution in [0.5, 0.6) is 0 Å². The van der Waals surface area contributed by atoms with E-state index in [-0.39, 0.29) is 11.8 Å². The number of amides is 1. The summed E-state index contributed by atoms with van der Waals surface area (Å²) in [6.45, 7) is 8.61. The molecule has 1 aliphatic heterocycles. The number of halogens is 1. The molecule has 3 aromatic rings. The van der Waals surface area contributed by atoms with Crippen LogP contribution in [0.2, 0.25) is 5.15 Å². The van der Waals surface area contributed by atoms with Crippen molar-refractivity contribution in [2.75, 3.05) is 23.3 Å². The molecule has 0 saturated carbocycles. The van der Waals surface area contributed by atoms with Crippen molar-refractivity contribution in [3.05, 3.63) is 47.4 Å². The number of aromatic nitrogens is 3. The van der Waals surface area contributed by atoms with Crippen molar-refractivity contribution in [3.8, 4) is 0 Å². The number of nitrogens with zero attached hydrogens (tertiary/aromatic N) is 5. The van der Waals surface area contributed by atoms with Crippen molar-refractivity contribution in [2.45, 2.75) is 52.1 Å². The fourth-order valence-corrected chi connectivity index (χ4v) is 4.74. The third kappa shape index (κ3) is 5.30. The molecule has 184 valence electrons. The summed E-state index contributed by atoms with van der Waals surface area (Å²) in [5.74, 6) is 0.626. The first kappa shape index (κ1) is 24.7. The second-order valence-electron chi connectivity index (χ2n) is 9.70. The Morgan fingerprint density at radius 2 is 1.94 bits per heavy atom. The van der Waals surface area contributed by atoms with Crippen LogP contribution in [0, 0.1) is 0 Å². The monoisotopic (exact) mass is 496 g/mol. The smallest absolute Gasteiger partial charge is 0.408 e. The van der Waals surface area contributed by atoms with Gasteiger partial charge in [-0.05, 0) is 64.8 Å². The molecule has 0 spiro atoms. The summed E-state index contributed by atoms with van der Waals surface area (Å²) in [4.78, 5) is 41.2. The maximum absolute atomic E-state index is 12.2. The number of carbonyl (C=O) groups excluding carboxylic acids is 1. The maximum atomic E-state index is 12.2. The molecule has 4 heterocycles. The summed E-state index contributed by atoms with van der Waals surface area (Å²) < 4.78 is 0. The van der Waals surface area contributed by atoms with Crippen LogP contribution < -0.4 is 10.2 Å². The highest BCUT2D eigenvalue weighted by Gasteiger charge is 2.36. The van der Waals surface area contributed by atoms with Gasteiger partial charge in [0.25, 0.3) is 0 Å². The molecular formula is C25H29ClN6O3. The van der Waals surface area contributed by atoms with Crippen molar-refractivity contribution < 1.29 is 14.7 Å². The molecular weight excluding hydrogens is 468 g/mol. The Bertz CT molecular complexity index is 1260. The van der Waals surface area contributed by atoms with Gasteiger partial charge in [-0.25, -0.2) is 14.8 Å². The highest BCUT2D eigenvalue weighted by molar-refractivity contribution is 6.30. The van der Waals surface area contributed by atoms with Crippen molar-refractivity contribution in [1.82, 2.24) is 19.9 Å². The molecule has 10 heteroatoms. The Morgan fingerprint density at radius 1 is 1.17 bits per heavy atom. The highest BCUT2D eigenvalue weighted by Crippen LogP contribution is 2.31. The van der Waals surface area contributed by atoms with Gasteiger partial charge in [-0.1, -0.05) is 11.6 Å². The predicted molar refractivity (Wildman–Crippen MR) is 137 cm³/mol. The van der Waals surface area contributed by atoms with Crippen molar-refractivity contribution in [1.29, 1.82) is 0 Å². The van der Waals surface area contributed by atoms with Crippen LogP contribution in [0.15, 0.2) is 36.7 Å². The lowest BCUT2D eigenvalue weighted by molar-refractivity contribution is 0.0647. The number of Topliss-reactive ketones (excluding diaryl/α,β-unsaturated/α-hetero) is 1. The quantitative estimate of drug-likeness (QED) is 0.358. The van der Waals surface area contributed by atoms with Gasteiger partial charge in [0, 0.05) is 24.8 Å². The molecule has 2 N–H and O–H groups in total. The number of rotatable bonds is 5. The van der Waals surface area contributed by atoms with E-state index in [2.05, 4.69) is 25.2 Å². The van der Waals surface area contributed by atoms with E-state index >= 15 is 0 Å². The molecule has 0 bridgehead atoms. The Hall–Kier alpha value is -3.46. The zero-order valence-corrected chi connectivity index (χ0v) is 21.0.